The summed E-state index contributed by atoms with van der Waals surface area (Å²) in [6.45, 7) is 6.50. The number of aliphatic hydroxyl groups excluding tert-OH is 1. The van der Waals surface area contributed by atoms with Crippen molar-refractivity contribution >= 4 is 0 Å². The van der Waals surface area contributed by atoms with Gasteiger partial charge in [0.2, 0.25) is 0 Å². The van der Waals surface area contributed by atoms with Crippen molar-refractivity contribution in [1.82, 2.24) is 0 Å². The maximum atomic E-state index is 8.67. The van der Waals surface area contributed by atoms with Gasteiger partial charge in [-0.25, -0.2) is 0 Å². The average Bonchev–Trinajstić information content (AvgIpc) is 1.83. The highest BCUT2D eigenvalue weighted by Gasteiger charge is 1.99. The molecule has 0 amide bonds. The first-order valence-corrected chi connectivity index (χ1v) is 3.46. The average molecular weight is 132 g/mol. The summed E-state index contributed by atoms with van der Waals surface area (Å²) in [7, 11) is 0. The molecule has 0 aliphatic rings. The van der Waals surface area contributed by atoms with Crippen LogP contribution in [0.3, 0.4) is 0 Å². The Morgan fingerprint density at radius 3 is 2.33 bits per heavy atom. The first-order valence-electron chi connectivity index (χ1n) is 3.46. The summed E-state index contributed by atoms with van der Waals surface area (Å²) in [5, 5.41) is 8.67. The van der Waals surface area contributed by atoms with E-state index >= 15 is 0 Å². The Labute approximate surface area is 56.8 Å². The first-order chi connectivity index (χ1) is 4.16. The zero-order valence-electron chi connectivity index (χ0n) is 6.42. The monoisotopic (exact) mass is 132 g/mol. The molecular formula is C7H16O2. The first kappa shape index (κ1) is 8.92. The largest absolute Gasteiger partial charge is 0.368 e. The van der Waals surface area contributed by atoms with E-state index in [9.17, 15) is 0 Å². The van der Waals surface area contributed by atoms with Crippen LogP contribution in [0.2, 0.25) is 0 Å². The Morgan fingerprint density at radius 2 is 2.00 bits per heavy atom. The standard InChI is InChI=1S/C7H16O2/c1-4-6(2)5-9-7(3)8/h6-8H,4-5H2,1-3H3. The molecule has 0 rings (SSSR count). The van der Waals surface area contributed by atoms with E-state index in [2.05, 4.69) is 13.8 Å². The lowest BCUT2D eigenvalue weighted by molar-refractivity contribution is -0.0949. The molecule has 0 radical (unpaired) electrons. The highest BCUT2D eigenvalue weighted by Crippen LogP contribution is 2.01. The van der Waals surface area contributed by atoms with Gasteiger partial charge in [0.1, 0.15) is 0 Å². The van der Waals surface area contributed by atoms with E-state index in [1.54, 1.807) is 6.92 Å². The van der Waals surface area contributed by atoms with Crippen LogP contribution in [0.4, 0.5) is 0 Å². The lowest BCUT2D eigenvalue weighted by Gasteiger charge is -2.10. The Hall–Kier alpha value is -0.0800. The van der Waals surface area contributed by atoms with Crippen LogP contribution in [-0.4, -0.2) is 18.0 Å². The summed E-state index contributed by atoms with van der Waals surface area (Å²) in [4.78, 5) is 0. The molecule has 2 nitrogen and oxygen atoms in total. The Kier molecular flexibility index (Phi) is 4.72. The molecule has 56 valence electrons. The normalized spacial score (nSPS) is 17.3. The Morgan fingerprint density at radius 1 is 1.44 bits per heavy atom. The molecule has 0 saturated carbocycles. The third kappa shape index (κ3) is 5.80. The van der Waals surface area contributed by atoms with Crippen LogP contribution in [0.15, 0.2) is 0 Å². The molecule has 1 N–H and O–H groups in total. The predicted molar refractivity (Wildman–Crippen MR) is 37.1 cm³/mol. The number of rotatable bonds is 4. The van der Waals surface area contributed by atoms with Gasteiger partial charge < -0.3 is 9.84 Å². The van der Waals surface area contributed by atoms with Gasteiger partial charge in [0.05, 0.1) is 6.61 Å². The summed E-state index contributed by atoms with van der Waals surface area (Å²) < 4.78 is 4.95. The molecule has 2 heteroatoms. The third-order valence-corrected chi connectivity index (χ3v) is 1.32. The van der Waals surface area contributed by atoms with Crippen LogP contribution in [0.25, 0.3) is 0 Å². The van der Waals surface area contributed by atoms with Crippen molar-refractivity contribution in [3.63, 3.8) is 0 Å². The molecule has 0 saturated heterocycles. The van der Waals surface area contributed by atoms with Crippen LogP contribution in [0.5, 0.6) is 0 Å². The van der Waals surface area contributed by atoms with Gasteiger partial charge in [0.25, 0.3) is 0 Å². The molecule has 9 heavy (non-hydrogen) atoms. The van der Waals surface area contributed by atoms with Crippen LogP contribution < -0.4 is 0 Å². The van der Waals surface area contributed by atoms with Crippen molar-refractivity contribution in [3.8, 4) is 0 Å². The summed E-state index contributed by atoms with van der Waals surface area (Å²) in [5.41, 5.74) is 0. The van der Waals surface area contributed by atoms with E-state index in [1.807, 2.05) is 0 Å². The van der Waals surface area contributed by atoms with Crippen LogP contribution in [-0.2, 0) is 4.74 Å². The Bertz CT molecular complexity index is 61.9. The van der Waals surface area contributed by atoms with E-state index in [-0.39, 0.29) is 0 Å². The Balaban J connectivity index is 3.06. The minimum Gasteiger partial charge on any atom is -0.368 e. The number of ether oxygens (including phenoxy) is 1. The lowest BCUT2D eigenvalue weighted by atomic mass is 10.1. The fourth-order valence-electron chi connectivity index (χ4n) is 0.421. The second kappa shape index (κ2) is 4.77. The molecule has 0 spiro atoms. The van der Waals surface area contributed by atoms with Gasteiger partial charge in [-0.2, -0.15) is 0 Å². The van der Waals surface area contributed by atoms with Gasteiger partial charge in [-0.15, -0.1) is 0 Å². The molecule has 0 fully saturated rings. The number of hydrogen-bond donors (Lipinski definition) is 1. The summed E-state index contributed by atoms with van der Waals surface area (Å²) in [5.74, 6) is 0.555. The van der Waals surface area contributed by atoms with E-state index in [0.717, 1.165) is 6.42 Å². The van der Waals surface area contributed by atoms with Gasteiger partial charge in [-0.3, -0.25) is 0 Å². The molecule has 0 bridgehead atoms. The summed E-state index contributed by atoms with van der Waals surface area (Å²) in [6.07, 6.45) is 0.492. The van der Waals surface area contributed by atoms with E-state index in [0.29, 0.717) is 12.5 Å². The van der Waals surface area contributed by atoms with Gasteiger partial charge in [-0.1, -0.05) is 20.3 Å². The second-order valence-corrected chi connectivity index (χ2v) is 2.45. The third-order valence-electron chi connectivity index (χ3n) is 1.32. The minimum atomic E-state index is -0.612. The summed E-state index contributed by atoms with van der Waals surface area (Å²) >= 11 is 0. The lowest BCUT2D eigenvalue weighted by Crippen LogP contribution is -2.12. The van der Waals surface area contributed by atoms with Gasteiger partial charge in [0.15, 0.2) is 6.29 Å². The molecule has 0 aromatic carbocycles. The van der Waals surface area contributed by atoms with Crippen molar-refractivity contribution < 1.29 is 9.84 Å². The van der Waals surface area contributed by atoms with E-state index < -0.39 is 6.29 Å². The van der Waals surface area contributed by atoms with Crippen molar-refractivity contribution in [3.05, 3.63) is 0 Å². The zero-order chi connectivity index (χ0) is 7.28. The molecule has 0 aliphatic heterocycles. The maximum Gasteiger partial charge on any atom is 0.151 e. The van der Waals surface area contributed by atoms with Crippen LogP contribution in [0.1, 0.15) is 27.2 Å². The van der Waals surface area contributed by atoms with Crippen molar-refractivity contribution in [1.29, 1.82) is 0 Å². The quantitative estimate of drug-likeness (QED) is 0.586. The molecule has 0 aromatic heterocycles. The van der Waals surface area contributed by atoms with Crippen molar-refractivity contribution in [2.24, 2.45) is 5.92 Å². The van der Waals surface area contributed by atoms with Crippen LogP contribution in [0, 0.1) is 5.92 Å². The highest BCUT2D eigenvalue weighted by atomic mass is 16.6. The molecule has 2 atom stereocenters. The zero-order valence-corrected chi connectivity index (χ0v) is 6.42. The van der Waals surface area contributed by atoms with Gasteiger partial charge >= 0.3 is 0 Å². The van der Waals surface area contributed by atoms with E-state index in [4.69, 9.17) is 9.84 Å². The topological polar surface area (TPSA) is 29.5 Å². The number of hydrogen-bond acceptors (Lipinski definition) is 2. The van der Waals surface area contributed by atoms with Crippen molar-refractivity contribution in [2.75, 3.05) is 6.61 Å². The van der Waals surface area contributed by atoms with Crippen molar-refractivity contribution in [2.45, 2.75) is 33.5 Å². The minimum absolute atomic E-state index is 0.555. The molecular weight excluding hydrogens is 116 g/mol. The number of aliphatic hydroxyl groups is 1. The molecule has 0 aromatic rings. The fourth-order valence-corrected chi connectivity index (χ4v) is 0.421. The summed E-state index contributed by atoms with van der Waals surface area (Å²) in [6, 6.07) is 0. The van der Waals surface area contributed by atoms with E-state index in [1.165, 1.54) is 0 Å². The highest BCUT2D eigenvalue weighted by molar-refractivity contribution is 4.45. The molecule has 0 aliphatic carbocycles. The smallest absolute Gasteiger partial charge is 0.151 e. The van der Waals surface area contributed by atoms with Gasteiger partial charge in [0, 0.05) is 0 Å². The predicted octanol–water partition coefficient (Wildman–Crippen LogP) is 1.39. The van der Waals surface area contributed by atoms with Crippen LogP contribution >= 0.6 is 0 Å². The second-order valence-electron chi connectivity index (χ2n) is 2.45. The molecule has 0 heterocycles. The fraction of sp³-hybridized carbons (Fsp3) is 1.00. The van der Waals surface area contributed by atoms with Gasteiger partial charge in [-0.05, 0) is 12.8 Å². The SMILES string of the molecule is CCC(C)COC(C)O. The molecule has 2 unspecified atom stereocenters. The maximum absolute atomic E-state index is 8.67.